The fourth-order valence-corrected chi connectivity index (χ4v) is 3.25. The summed E-state index contributed by atoms with van der Waals surface area (Å²) in [5, 5.41) is 21.3. The average Bonchev–Trinajstić information content (AvgIpc) is 3.11. The molecule has 0 radical (unpaired) electrons. The third kappa shape index (κ3) is 4.36. The summed E-state index contributed by atoms with van der Waals surface area (Å²) in [6.07, 6.45) is 1.87. The zero-order chi connectivity index (χ0) is 18.5. The topological polar surface area (TPSA) is 75.8 Å². The summed E-state index contributed by atoms with van der Waals surface area (Å²) in [5.74, 6) is -0.457. The molecule has 0 aromatic heterocycles. The van der Waals surface area contributed by atoms with Crippen molar-refractivity contribution in [1.29, 1.82) is 0 Å². The van der Waals surface area contributed by atoms with Crippen molar-refractivity contribution in [1.82, 2.24) is 4.90 Å². The standard InChI is InChI=1S/C19H21FN2O4/c20-17-7-3-8-18(22(24)25)16(17)13-21(12-15-6-4-10-26-15)11-14-5-1-2-9-19(14)23/h1-3,5,7-9,15,23H,4,6,10-13H2. The van der Waals surface area contributed by atoms with Crippen LogP contribution in [0.3, 0.4) is 0 Å². The van der Waals surface area contributed by atoms with E-state index in [-0.39, 0.29) is 29.6 Å². The molecule has 1 saturated heterocycles. The minimum atomic E-state index is -0.603. The fourth-order valence-electron chi connectivity index (χ4n) is 3.25. The number of benzene rings is 2. The summed E-state index contributed by atoms with van der Waals surface area (Å²) in [7, 11) is 0. The smallest absolute Gasteiger partial charge is 0.276 e. The van der Waals surface area contributed by atoms with Crippen molar-refractivity contribution in [3.05, 3.63) is 69.5 Å². The van der Waals surface area contributed by atoms with Crippen molar-refractivity contribution in [3.63, 3.8) is 0 Å². The van der Waals surface area contributed by atoms with Crippen LogP contribution < -0.4 is 0 Å². The Morgan fingerprint density at radius 3 is 2.73 bits per heavy atom. The maximum atomic E-state index is 14.3. The van der Waals surface area contributed by atoms with Gasteiger partial charge in [0.15, 0.2) is 0 Å². The minimum Gasteiger partial charge on any atom is -0.508 e. The van der Waals surface area contributed by atoms with Gasteiger partial charge in [-0.25, -0.2) is 4.39 Å². The molecular weight excluding hydrogens is 339 g/mol. The number of phenolic OH excluding ortho intramolecular Hbond substituents is 1. The van der Waals surface area contributed by atoms with Gasteiger partial charge in [0, 0.05) is 37.9 Å². The van der Waals surface area contributed by atoms with E-state index in [0.717, 1.165) is 12.8 Å². The van der Waals surface area contributed by atoms with Crippen molar-refractivity contribution < 1.29 is 19.2 Å². The van der Waals surface area contributed by atoms with Crippen LogP contribution in [0.15, 0.2) is 42.5 Å². The Morgan fingerprint density at radius 2 is 2.04 bits per heavy atom. The molecule has 2 aromatic carbocycles. The lowest BCUT2D eigenvalue weighted by molar-refractivity contribution is -0.386. The monoisotopic (exact) mass is 360 g/mol. The number of nitro benzene ring substituents is 1. The van der Waals surface area contributed by atoms with Gasteiger partial charge >= 0.3 is 0 Å². The van der Waals surface area contributed by atoms with Crippen molar-refractivity contribution in [3.8, 4) is 5.75 Å². The van der Waals surface area contributed by atoms with Crippen LogP contribution in [0.25, 0.3) is 0 Å². The summed E-state index contributed by atoms with van der Waals surface area (Å²) in [6.45, 7) is 1.62. The SMILES string of the molecule is O=[N+]([O-])c1cccc(F)c1CN(Cc1ccccc1O)CC1CCCO1. The molecule has 1 heterocycles. The van der Waals surface area contributed by atoms with Crippen LogP contribution in [0.4, 0.5) is 10.1 Å². The molecule has 7 heteroatoms. The van der Waals surface area contributed by atoms with E-state index in [9.17, 15) is 19.6 Å². The maximum Gasteiger partial charge on any atom is 0.276 e. The molecule has 1 aliphatic rings. The van der Waals surface area contributed by atoms with E-state index >= 15 is 0 Å². The van der Waals surface area contributed by atoms with Crippen LogP contribution >= 0.6 is 0 Å². The second-order valence-electron chi connectivity index (χ2n) is 6.43. The van der Waals surface area contributed by atoms with E-state index in [1.165, 1.54) is 18.2 Å². The second kappa shape index (κ2) is 8.25. The molecule has 138 valence electrons. The third-order valence-corrected chi connectivity index (χ3v) is 4.54. The number of hydrogen-bond acceptors (Lipinski definition) is 5. The Hall–Kier alpha value is -2.51. The fraction of sp³-hybridized carbons (Fsp3) is 0.368. The Balaban J connectivity index is 1.86. The Morgan fingerprint density at radius 1 is 1.23 bits per heavy atom. The first kappa shape index (κ1) is 18.3. The van der Waals surface area contributed by atoms with Crippen LogP contribution in [-0.4, -0.2) is 34.2 Å². The Bertz CT molecular complexity index is 778. The van der Waals surface area contributed by atoms with Gasteiger partial charge in [0.25, 0.3) is 5.69 Å². The molecule has 1 aliphatic heterocycles. The van der Waals surface area contributed by atoms with E-state index in [1.54, 1.807) is 18.2 Å². The van der Waals surface area contributed by atoms with Gasteiger partial charge in [-0.2, -0.15) is 0 Å². The predicted octanol–water partition coefficient (Wildman–Crippen LogP) is 3.62. The van der Waals surface area contributed by atoms with E-state index < -0.39 is 10.7 Å². The average molecular weight is 360 g/mol. The summed E-state index contributed by atoms with van der Waals surface area (Å²) in [5.41, 5.74) is 0.495. The van der Waals surface area contributed by atoms with Gasteiger partial charge in [-0.05, 0) is 25.0 Å². The number of phenols is 1. The summed E-state index contributed by atoms with van der Waals surface area (Å²) >= 11 is 0. The van der Waals surface area contributed by atoms with Gasteiger partial charge in [-0.1, -0.05) is 24.3 Å². The van der Waals surface area contributed by atoms with Crippen LogP contribution in [0.5, 0.6) is 5.75 Å². The highest BCUT2D eigenvalue weighted by molar-refractivity contribution is 5.41. The minimum absolute atomic E-state index is 0.00619. The predicted molar refractivity (Wildman–Crippen MR) is 94.2 cm³/mol. The van der Waals surface area contributed by atoms with E-state index in [4.69, 9.17) is 4.74 Å². The lowest BCUT2D eigenvalue weighted by Crippen LogP contribution is -2.32. The normalized spacial score (nSPS) is 16.9. The number of halogens is 1. The first-order valence-electron chi connectivity index (χ1n) is 8.57. The number of nitrogens with zero attached hydrogens (tertiary/aromatic N) is 2. The molecule has 1 N–H and O–H groups in total. The zero-order valence-electron chi connectivity index (χ0n) is 14.3. The van der Waals surface area contributed by atoms with Crippen LogP contribution in [0, 0.1) is 15.9 Å². The summed E-state index contributed by atoms with van der Waals surface area (Å²) in [4.78, 5) is 12.6. The molecule has 2 aromatic rings. The highest BCUT2D eigenvalue weighted by atomic mass is 19.1. The van der Waals surface area contributed by atoms with Crippen molar-refractivity contribution >= 4 is 5.69 Å². The van der Waals surface area contributed by atoms with Crippen LogP contribution in [-0.2, 0) is 17.8 Å². The van der Waals surface area contributed by atoms with E-state index in [2.05, 4.69) is 0 Å². The maximum absolute atomic E-state index is 14.3. The largest absolute Gasteiger partial charge is 0.508 e. The van der Waals surface area contributed by atoms with Gasteiger partial charge in [0.05, 0.1) is 16.6 Å². The van der Waals surface area contributed by atoms with Crippen molar-refractivity contribution in [2.75, 3.05) is 13.2 Å². The molecule has 0 bridgehead atoms. The van der Waals surface area contributed by atoms with Crippen molar-refractivity contribution in [2.24, 2.45) is 0 Å². The second-order valence-corrected chi connectivity index (χ2v) is 6.43. The Kier molecular flexibility index (Phi) is 5.80. The molecule has 26 heavy (non-hydrogen) atoms. The first-order valence-corrected chi connectivity index (χ1v) is 8.57. The number of hydrogen-bond donors (Lipinski definition) is 1. The molecule has 0 amide bonds. The summed E-state index contributed by atoms with van der Waals surface area (Å²) in [6, 6.07) is 10.8. The molecule has 1 fully saturated rings. The number of aromatic hydroxyl groups is 1. The molecule has 6 nitrogen and oxygen atoms in total. The number of para-hydroxylation sites is 1. The molecule has 1 unspecified atom stereocenters. The number of nitro groups is 1. The zero-order valence-corrected chi connectivity index (χ0v) is 14.3. The van der Waals surface area contributed by atoms with Crippen molar-refractivity contribution in [2.45, 2.75) is 32.0 Å². The molecular formula is C19H21FN2O4. The van der Waals surface area contributed by atoms with Gasteiger partial charge in [-0.3, -0.25) is 15.0 Å². The van der Waals surface area contributed by atoms with E-state index in [1.807, 2.05) is 11.0 Å². The van der Waals surface area contributed by atoms with Crippen LogP contribution in [0.2, 0.25) is 0 Å². The quantitative estimate of drug-likeness (QED) is 0.603. The van der Waals surface area contributed by atoms with Gasteiger partial charge in [0.1, 0.15) is 11.6 Å². The number of rotatable bonds is 7. The van der Waals surface area contributed by atoms with E-state index in [0.29, 0.717) is 25.3 Å². The third-order valence-electron chi connectivity index (χ3n) is 4.54. The molecule has 0 aliphatic carbocycles. The molecule has 3 rings (SSSR count). The molecule has 0 spiro atoms. The highest BCUT2D eigenvalue weighted by Gasteiger charge is 2.24. The highest BCUT2D eigenvalue weighted by Crippen LogP contribution is 2.26. The Labute approximate surface area is 151 Å². The lowest BCUT2D eigenvalue weighted by atomic mass is 10.1. The van der Waals surface area contributed by atoms with Crippen LogP contribution in [0.1, 0.15) is 24.0 Å². The molecule has 0 saturated carbocycles. The van der Waals surface area contributed by atoms with Gasteiger partial charge in [0.2, 0.25) is 0 Å². The number of ether oxygens (including phenoxy) is 1. The summed E-state index contributed by atoms with van der Waals surface area (Å²) < 4.78 is 20.0. The first-order chi connectivity index (χ1) is 12.5. The lowest BCUT2D eigenvalue weighted by Gasteiger charge is -2.25. The van der Waals surface area contributed by atoms with Gasteiger partial charge in [-0.15, -0.1) is 0 Å². The molecule has 1 atom stereocenters. The van der Waals surface area contributed by atoms with Gasteiger partial charge < -0.3 is 9.84 Å².